The van der Waals surface area contributed by atoms with Gasteiger partial charge < -0.3 is 5.32 Å². The zero-order chi connectivity index (χ0) is 21.8. The quantitative estimate of drug-likeness (QED) is 0.555. The summed E-state index contributed by atoms with van der Waals surface area (Å²) < 4.78 is 14.1. The van der Waals surface area contributed by atoms with Gasteiger partial charge in [0.2, 0.25) is 11.8 Å². The maximum atomic E-state index is 14.1. The van der Waals surface area contributed by atoms with Crippen molar-refractivity contribution in [2.45, 2.75) is 20.8 Å². The fourth-order valence-electron chi connectivity index (χ4n) is 2.66. The minimum absolute atomic E-state index is 0.111. The summed E-state index contributed by atoms with van der Waals surface area (Å²) in [6.45, 7) is 5.05. The first-order chi connectivity index (χ1) is 14.3. The third-order valence-electron chi connectivity index (χ3n) is 4.25. The van der Waals surface area contributed by atoms with Gasteiger partial charge in [0.1, 0.15) is 16.9 Å². The fraction of sp³-hybridized carbons (Fsp3) is 0.143. The molecule has 0 fully saturated rings. The molecule has 2 aromatic heterocycles. The number of para-hydroxylation sites is 1. The number of amides is 2. The molecule has 0 bridgehead atoms. The van der Waals surface area contributed by atoms with Crippen LogP contribution in [0.2, 0.25) is 0 Å². The van der Waals surface area contributed by atoms with Crippen molar-refractivity contribution in [3.05, 3.63) is 63.2 Å². The molecular weight excluding hydrogens is 423 g/mol. The van der Waals surface area contributed by atoms with Crippen LogP contribution in [-0.4, -0.2) is 16.8 Å². The zero-order valence-electron chi connectivity index (χ0n) is 16.4. The number of rotatable bonds is 5. The first-order valence-corrected chi connectivity index (χ1v) is 10.5. The maximum absolute atomic E-state index is 14.1. The largest absolute Gasteiger partial charge is 0.313 e. The number of carbonyl (C=O) groups is 2. The Balaban J connectivity index is 1.78. The Morgan fingerprint density at radius 2 is 2.03 bits per heavy atom. The molecule has 0 aliphatic heterocycles. The standard InChI is InChI=1S/C21H17FN4O2S2/c1-12-13(2)30-20(16(12)10-23)25-19(28)9-8-15-11-29-21(24-15)26(14(3)27)18-7-5-4-6-17(18)22/h4-9,11H,1-3H3,(H,25,28)/b9-8+. The van der Waals surface area contributed by atoms with Crippen LogP contribution < -0.4 is 10.2 Å². The second-order valence-corrected chi connectivity index (χ2v) is 8.34. The Labute approximate surface area is 180 Å². The van der Waals surface area contributed by atoms with Gasteiger partial charge in [-0.2, -0.15) is 5.26 Å². The Hall–Kier alpha value is -3.35. The third-order valence-corrected chi connectivity index (χ3v) is 6.22. The molecule has 1 N–H and O–H groups in total. The molecule has 6 nitrogen and oxygen atoms in total. The van der Waals surface area contributed by atoms with E-state index in [4.69, 9.17) is 0 Å². The molecule has 152 valence electrons. The molecule has 0 radical (unpaired) electrons. The van der Waals surface area contributed by atoms with Crippen LogP contribution in [0, 0.1) is 31.0 Å². The molecule has 0 unspecified atom stereocenters. The van der Waals surface area contributed by atoms with E-state index in [1.807, 2.05) is 13.8 Å². The number of carbonyl (C=O) groups excluding carboxylic acids is 2. The number of nitrogens with zero attached hydrogens (tertiary/aromatic N) is 3. The Kier molecular flexibility index (Phi) is 6.40. The lowest BCUT2D eigenvalue weighted by molar-refractivity contribution is -0.116. The van der Waals surface area contributed by atoms with Gasteiger partial charge in [-0.25, -0.2) is 9.37 Å². The minimum atomic E-state index is -0.533. The van der Waals surface area contributed by atoms with Crippen LogP contribution in [0.15, 0.2) is 35.7 Å². The molecular formula is C21H17FN4O2S2. The van der Waals surface area contributed by atoms with Crippen molar-refractivity contribution >= 4 is 56.4 Å². The van der Waals surface area contributed by atoms with Gasteiger partial charge in [0.25, 0.3) is 0 Å². The van der Waals surface area contributed by atoms with E-state index in [9.17, 15) is 19.2 Å². The minimum Gasteiger partial charge on any atom is -0.313 e. The molecule has 0 spiro atoms. The highest BCUT2D eigenvalue weighted by Crippen LogP contribution is 2.32. The van der Waals surface area contributed by atoms with Crippen molar-refractivity contribution in [3.63, 3.8) is 0 Å². The summed E-state index contributed by atoms with van der Waals surface area (Å²) >= 11 is 2.50. The van der Waals surface area contributed by atoms with Crippen LogP contribution in [-0.2, 0) is 9.59 Å². The van der Waals surface area contributed by atoms with Crippen molar-refractivity contribution in [2.75, 3.05) is 10.2 Å². The van der Waals surface area contributed by atoms with Gasteiger partial charge in [-0.15, -0.1) is 22.7 Å². The first kappa shape index (κ1) is 21.4. The lowest BCUT2D eigenvalue weighted by atomic mass is 10.2. The molecule has 30 heavy (non-hydrogen) atoms. The van der Waals surface area contributed by atoms with E-state index in [0.717, 1.165) is 21.8 Å². The molecule has 1 aromatic carbocycles. The number of aromatic nitrogens is 1. The highest BCUT2D eigenvalue weighted by Gasteiger charge is 2.20. The summed E-state index contributed by atoms with van der Waals surface area (Å²) in [6.07, 6.45) is 2.79. The van der Waals surface area contributed by atoms with Crippen LogP contribution in [0.3, 0.4) is 0 Å². The van der Waals surface area contributed by atoms with Gasteiger partial charge in [-0.1, -0.05) is 12.1 Å². The molecule has 2 amide bonds. The fourth-order valence-corrected chi connectivity index (χ4v) is 4.52. The van der Waals surface area contributed by atoms with Crippen LogP contribution in [0.5, 0.6) is 0 Å². The monoisotopic (exact) mass is 440 g/mol. The van der Waals surface area contributed by atoms with Crippen molar-refractivity contribution < 1.29 is 14.0 Å². The second-order valence-electron chi connectivity index (χ2n) is 6.28. The van der Waals surface area contributed by atoms with Gasteiger partial charge >= 0.3 is 0 Å². The number of thiophene rings is 1. The number of halogens is 1. The number of hydrogen-bond donors (Lipinski definition) is 1. The normalized spacial score (nSPS) is 10.8. The molecule has 9 heteroatoms. The predicted molar refractivity (Wildman–Crippen MR) is 118 cm³/mol. The number of thiazole rings is 1. The van der Waals surface area contributed by atoms with Crippen LogP contribution in [0.1, 0.15) is 28.6 Å². The number of nitriles is 1. The number of aryl methyl sites for hydroxylation is 1. The maximum Gasteiger partial charge on any atom is 0.249 e. The van der Waals surface area contributed by atoms with E-state index in [1.165, 1.54) is 47.4 Å². The molecule has 2 heterocycles. The van der Waals surface area contributed by atoms with Gasteiger partial charge in [0.05, 0.1) is 16.9 Å². The lowest BCUT2D eigenvalue weighted by Gasteiger charge is -2.18. The third kappa shape index (κ3) is 4.45. The summed E-state index contributed by atoms with van der Waals surface area (Å²) in [4.78, 5) is 30.8. The summed E-state index contributed by atoms with van der Waals surface area (Å²) in [5.41, 5.74) is 1.87. The molecule has 0 saturated carbocycles. The predicted octanol–water partition coefficient (Wildman–Crippen LogP) is 5.17. The van der Waals surface area contributed by atoms with Crippen LogP contribution in [0.25, 0.3) is 6.08 Å². The number of anilines is 3. The van der Waals surface area contributed by atoms with Crippen molar-refractivity contribution in [3.8, 4) is 6.07 Å². The Morgan fingerprint density at radius 1 is 1.30 bits per heavy atom. The van der Waals surface area contributed by atoms with E-state index in [0.29, 0.717) is 21.4 Å². The molecule has 0 aliphatic carbocycles. The van der Waals surface area contributed by atoms with E-state index in [-0.39, 0.29) is 11.6 Å². The SMILES string of the molecule is CC(=O)N(c1nc(/C=C/C(=O)Nc2sc(C)c(C)c2C#N)cs1)c1ccccc1F. The smallest absolute Gasteiger partial charge is 0.249 e. The van der Waals surface area contributed by atoms with E-state index in [2.05, 4.69) is 16.4 Å². The lowest BCUT2D eigenvalue weighted by Crippen LogP contribution is -2.23. The summed E-state index contributed by atoms with van der Waals surface area (Å²) in [7, 11) is 0. The highest BCUT2D eigenvalue weighted by molar-refractivity contribution is 7.16. The summed E-state index contributed by atoms with van der Waals surface area (Å²) in [5.74, 6) is -1.32. The molecule has 0 saturated heterocycles. The van der Waals surface area contributed by atoms with Gasteiger partial charge in [0.15, 0.2) is 5.13 Å². The molecule has 0 aliphatic rings. The highest BCUT2D eigenvalue weighted by atomic mass is 32.1. The van der Waals surface area contributed by atoms with Crippen molar-refractivity contribution in [1.82, 2.24) is 4.98 Å². The zero-order valence-corrected chi connectivity index (χ0v) is 18.0. The Morgan fingerprint density at radius 3 is 2.70 bits per heavy atom. The second kappa shape index (κ2) is 8.98. The van der Waals surface area contributed by atoms with Crippen molar-refractivity contribution in [2.24, 2.45) is 0 Å². The van der Waals surface area contributed by atoms with E-state index >= 15 is 0 Å². The van der Waals surface area contributed by atoms with E-state index in [1.54, 1.807) is 17.5 Å². The van der Waals surface area contributed by atoms with Gasteiger partial charge in [-0.05, 0) is 37.6 Å². The average Bonchev–Trinajstić information content (AvgIpc) is 3.26. The topological polar surface area (TPSA) is 86.1 Å². The van der Waals surface area contributed by atoms with E-state index < -0.39 is 11.7 Å². The molecule has 0 atom stereocenters. The number of benzene rings is 1. The summed E-state index contributed by atoms with van der Waals surface area (Å²) in [5, 5.41) is 14.4. The van der Waals surface area contributed by atoms with Crippen LogP contribution in [0.4, 0.5) is 20.2 Å². The molecule has 3 rings (SSSR count). The van der Waals surface area contributed by atoms with Crippen LogP contribution >= 0.6 is 22.7 Å². The molecule has 3 aromatic rings. The number of nitrogens with one attached hydrogen (secondary N) is 1. The number of hydrogen-bond acceptors (Lipinski definition) is 6. The average molecular weight is 441 g/mol. The van der Waals surface area contributed by atoms with Crippen molar-refractivity contribution in [1.29, 1.82) is 5.26 Å². The van der Waals surface area contributed by atoms with Gasteiger partial charge in [0, 0.05) is 23.3 Å². The summed E-state index contributed by atoms with van der Waals surface area (Å²) in [6, 6.07) is 8.05. The van der Waals surface area contributed by atoms with Gasteiger partial charge in [-0.3, -0.25) is 14.5 Å². The first-order valence-electron chi connectivity index (χ1n) is 8.81. The Bertz CT molecular complexity index is 1190.